The molecule has 0 saturated carbocycles. The highest BCUT2D eigenvalue weighted by Crippen LogP contribution is 2.19. The van der Waals surface area contributed by atoms with E-state index in [1.165, 1.54) is 12.3 Å². The summed E-state index contributed by atoms with van der Waals surface area (Å²) in [4.78, 5) is 14.8. The van der Waals surface area contributed by atoms with Crippen molar-refractivity contribution in [1.82, 2.24) is 4.90 Å². The van der Waals surface area contributed by atoms with E-state index in [0.29, 0.717) is 41.7 Å². The Labute approximate surface area is 161 Å². The molecule has 0 spiro atoms. The molecule has 4 nitrogen and oxygen atoms in total. The van der Waals surface area contributed by atoms with Crippen molar-refractivity contribution in [1.29, 1.82) is 0 Å². The quantitative estimate of drug-likeness (QED) is 0.636. The van der Waals surface area contributed by atoms with Crippen LogP contribution in [0.4, 0.5) is 8.78 Å². The Bertz CT molecular complexity index is 1030. The topological polar surface area (TPSA) is 42.7 Å². The molecule has 4 rings (SSSR count). The minimum Gasteiger partial charge on any atom is -0.464 e. The molecule has 1 atom stereocenters. The molecule has 0 aliphatic carbocycles. The summed E-state index contributed by atoms with van der Waals surface area (Å²) in [6.45, 7) is 2.04. The summed E-state index contributed by atoms with van der Waals surface area (Å²) in [5.74, 6) is -1.75. The molecule has 1 saturated heterocycles. The minimum absolute atomic E-state index is 0.0674. The van der Waals surface area contributed by atoms with Crippen LogP contribution >= 0.6 is 0 Å². The number of rotatable bonds is 6. The molecule has 2 aromatic carbocycles. The summed E-state index contributed by atoms with van der Waals surface area (Å²) in [5.41, 5.74) is 1.63. The summed E-state index contributed by atoms with van der Waals surface area (Å²) in [6.07, 6.45) is 3.50. The first kappa shape index (κ1) is 18.8. The van der Waals surface area contributed by atoms with Crippen LogP contribution in [0.3, 0.4) is 0 Å². The molecule has 0 bridgehead atoms. The van der Waals surface area contributed by atoms with E-state index in [1.807, 2.05) is 11.0 Å². The molecule has 3 aromatic rings. The lowest BCUT2D eigenvalue weighted by Crippen LogP contribution is -2.33. The predicted octanol–water partition coefficient (Wildman–Crippen LogP) is 4.25. The number of hydrogen-bond acceptors (Lipinski definition) is 4. The highest BCUT2D eigenvalue weighted by molar-refractivity contribution is 5.76. The van der Waals surface area contributed by atoms with E-state index in [-0.39, 0.29) is 11.5 Å². The van der Waals surface area contributed by atoms with Gasteiger partial charge < -0.3 is 9.15 Å². The zero-order valence-electron chi connectivity index (χ0n) is 15.4. The fourth-order valence-electron chi connectivity index (χ4n) is 3.63. The van der Waals surface area contributed by atoms with Gasteiger partial charge in [0.15, 0.2) is 17.1 Å². The number of fused-ring (bicyclic) bond motifs is 1. The van der Waals surface area contributed by atoms with Gasteiger partial charge >= 0.3 is 0 Å². The molecular formula is C22H21F2NO3. The average Bonchev–Trinajstić information content (AvgIpc) is 3.20. The van der Waals surface area contributed by atoms with Crippen molar-refractivity contribution < 1.29 is 17.9 Å². The smallest absolute Gasteiger partial charge is 0.197 e. The van der Waals surface area contributed by atoms with Crippen LogP contribution in [0.5, 0.6) is 0 Å². The van der Waals surface area contributed by atoms with Gasteiger partial charge in [-0.1, -0.05) is 18.2 Å². The maximum atomic E-state index is 13.6. The van der Waals surface area contributed by atoms with Gasteiger partial charge in [0.1, 0.15) is 5.58 Å². The lowest BCUT2D eigenvalue weighted by Gasteiger charge is -2.25. The number of nitrogens with zero attached hydrogens (tertiary/aromatic N) is 1. The highest BCUT2D eigenvalue weighted by Gasteiger charge is 2.21. The lowest BCUT2D eigenvalue weighted by molar-refractivity contribution is 0.0676. The van der Waals surface area contributed by atoms with Crippen LogP contribution in [-0.4, -0.2) is 24.2 Å². The number of halogens is 2. The summed E-state index contributed by atoms with van der Waals surface area (Å²) < 4.78 is 38.2. The van der Waals surface area contributed by atoms with Gasteiger partial charge in [-0.15, -0.1) is 0 Å². The van der Waals surface area contributed by atoms with Crippen LogP contribution in [0.2, 0.25) is 0 Å². The Morgan fingerprint density at radius 2 is 1.93 bits per heavy atom. The van der Waals surface area contributed by atoms with E-state index >= 15 is 0 Å². The maximum Gasteiger partial charge on any atom is 0.197 e. The van der Waals surface area contributed by atoms with Crippen LogP contribution in [-0.2, 0) is 17.8 Å². The third-order valence-electron chi connectivity index (χ3n) is 5.02. The minimum atomic E-state index is -0.875. The van der Waals surface area contributed by atoms with Gasteiger partial charge in [0.2, 0.25) is 0 Å². The molecule has 28 heavy (non-hydrogen) atoms. The zero-order chi connectivity index (χ0) is 19.5. The first-order chi connectivity index (χ1) is 13.6. The highest BCUT2D eigenvalue weighted by atomic mass is 19.2. The molecule has 1 aliphatic rings. The largest absolute Gasteiger partial charge is 0.464 e. The molecule has 0 radical (unpaired) electrons. The Hall–Kier alpha value is -2.57. The van der Waals surface area contributed by atoms with Crippen LogP contribution in [0.25, 0.3) is 11.0 Å². The van der Waals surface area contributed by atoms with E-state index in [1.54, 1.807) is 24.3 Å². The Kier molecular flexibility index (Phi) is 5.50. The molecule has 1 unspecified atom stereocenters. The number of hydrogen-bond donors (Lipinski definition) is 0. The van der Waals surface area contributed by atoms with E-state index in [4.69, 9.17) is 9.15 Å². The van der Waals surface area contributed by atoms with Crippen molar-refractivity contribution in [3.63, 3.8) is 0 Å². The Balaban J connectivity index is 1.60. The van der Waals surface area contributed by atoms with Crippen molar-refractivity contribution in [3.05, 3.63) is 81.7 Å². The van der Waals surface area contributed by atoms with Gasteiger partial charge in [-0.25, -0.2) is 8.78 Å². The lowest BCUT2D eigenvalue weighted by atomic mass is 10.1. The monoisotopic (exact) mass is 385 g/mol. The van der Waals surface area contributed by atoms with Gasteiger partial charge in [0.25, 0.3) is 0 Å². The number of benzene rings is 2. The van der Waals surface area contributed by atoms with Gasteiger partial charge in [0, 0.05) is 31.8 Å². The molecule has 2 heterocycles. The molecule has 1 fully saturated rings. The zero-order valence-corrected chi connectivity index (χ0v) is 15.4. The Morgan fingerprint density at radius 3 is 2.71 bits per heavy atom. The van der Waals surface area contributed by atoms with Gasteiger partial charge in [-0.05, 0) is 42.7 Å². The second kappa shape index (κ2) is 8.20. The number of ether oxygens (including phenoxy) is 1. The van der Waals surface area contributed by atoms with Crippen molar-refractivity contribution in [2.45, 2.75) is 32.0 Å². The van der Waals surface area contributed by atoms with E-state index in [9.17, 15) is 13.6 Å². The van der Waals surface area contributed by atoms with E-state index in [0.717, 1.165) is 25.5 Å². The van der Waals surface area contributed by atoms with E-state index < -0.39 is 11.6 Å². The van der Waals surface area contributed by atoms with Crippen LogP contribution in [0.15, 0.2) is 57.9 Å². The summed E-state index contributed by atoms with van der Waals surface area (Å²) >= 11 is 0. The average molecular weight is 385 g/mol. The molecule has 1 aliphatic heterocycles. The predicted molar refractivity (Wildman–Crippen MR) is 102 cm³/mol. The summed E-state index contributed by atoms with van der Waals surface area (Å²) in [6, 6.07) is 11.0. The van der Waals surface area contributed by atoms with Crippen molar-refractivity contribution in [3.8, 4) is 0 Å². The summed E-state index contributed by atoms with van der Waals surface area (Å²) in [7, 11) is 0. The van der Waals surface area contributed by atoms with E-state index in [2.05, 4.69) is 0 Å². The fourth-order valence-corrected chi connectivity index (χ4v) is 3.63. The molecular weight excluding hydrogens is 364 g/mol. The summed E-state index contributed by atoms with van der Waals surface area (Å²) in [5, 5.41) is 0.532. The van der Waals surface area contributed by atoms with Crippen molar-refractivity contribution >= 4 is 11.0 Å². The van der Waals surface area contributed by atoms with Crippen LogP contribution in [0, 0.1) is 11.6 Å². The molecule has 6 heteroatoms. The Morgan fingerprint density at radius 1 is 1.07 bits per heavy atom. The number of para-hydroxylation sites is 1. The molecule has 146 valence electrons. The van der Waals surface area contributed by atoms with Crippen LogP contribution < -0.4 is 5.43 Å². The first-order valence-electron chi connectivity index (χ1n) is 9.37. The second-order valence-electron chi connectivity index (χ2n) is 7.14. The van der Waals surface area contributed by atoms with Gasteiger partial charge in [-0.3, -0.25) is 9.69 Å². The van der Waals surface area contributed by atoms with Gasteiger partial charge in [0.05, 0.1) is 17.8 Å². The van der Waals surface area contributed by atoms with Crippen molar-refractivity contribution in [2.75, 3.05) is 13.2 Å². The third kappa shape index (κ3) is 4.13. The third-order valence-corrected chi connectivity index (χ3v) is 5.02. The fraction of sp³-hybridized carbons (Fsp3) is 0.318. The standard InChI is InChI=1S/C22H21F2NO3/c23-19-8-7-15(10-20(19)24)11-25(13-17-4-3-9-27-17)12-16-14-28-21-6-2-1-5-18(21)22(16)26/h1-2,5-8,10,14,17H,3-4,9,11-13H2. The normalized spacial score (nSPS) is 16.9. The van der Waals surface area contributed by atoms with Gasteiger partial charge in [-0.2, -0.15) is 0 Å². The molecule has 0 N–H and O–H groups in total. The maximum absolute atomic E-state index is 13.6. The first-order valence-corrected chi connectivity index (χ1v) is 9.37. The second-order valence-corrected chi connectivity index (χ2v) is 7.14. The van der Waals surface area contributed by atoms with Crippen LogP contribution in [0.1, 0.15) is 24.0 Å². The SMILES string of the molecule is O=c1c(CN(Cc2ccc(F)c(F)c2)CC2CCCO2)coc2ccccc12. The molecule has 1 aromatic heterocycles. The molecule has 0 amide bonds. The van der Waals surface area contributed by atoms with Crippen molar-refractivity contribution in [2.24, 2.45) is 0 Å².